The summed E-state index contributed by atoms with van der Waals surface area (Å²) in [6.07, 6.45) is 5.32. The van der Waals surface area contributed by atoms with Gasteiger partial charge in [0, 0.05) is 58.4 Å². The minimum atomic E-state index is 0.648. The maximum absolute atomic E-state index is 5.03. The molecule has 1 aliphatic heterocycles. The van der Waals surface area contributed by atoms with Crippen molar-refractivity contribution >= 4 is 17.7 Å². The van der Waals surface area contributed by atoms with Crippen molar-refractivity contribution in [1.82, 2.24) is 19.9 Å². The molecule has 0 atom stereocenters. The molecule has 0 radical (unpaired) electrons. The van der Waals surface area contributed by atoms with Gasteiger partial charge in [0.05, 0.1) is 6.61 Å². The van der Waals surface area contributed by atoms with E-state index in [1.165, 1.54) is 0 Å². The molecule has 122 valence electrons. The summed E-state index contributed by atoms with van der Waals surface area (Å²) < 4.78 is 5.03. The highest BCUT2D eigenvalue weighted by molar-refractivity contribution is 5.43. The first-order valence-electron chi connectivity index (χ1n) is 7.69. The van der Waals surface area contributed by atoms with Crippen molar-refractivity contribution in [3.05, 3.63) is 30.7 Å². The highest BCUT2D eigenvalue weighted by Crippen LogP contribution is 2.15. The highest BCUT2D eigenvalue weighted by atomic mass is 16.5. The van der Waals surface area contributed by atoms with Gasteiger partial charge in [-0.1, -0.05) is 0 Å². The van der Waals surface area contributed by atoms with E-state index in [0.29, 0.717) is 6.61 Å². The number of hydrogen-bond acceptors (Lipinski definition) is 8. The minimum absolute atomic E-state index is 0.648. The molecule has 0 unspecified atom stereocenters. The van der Waals surface area contributed by atoms with E-state index in [1.807, 2.05) is 12.1 Å². The first-order valence-corrected chi connectivity index (χ1v) is 7.69. The van der Waals surface area contributed by atoms with Gasteiger partial charge in [-0.15, -0.1) is 0 Å². The van der Waals surface area contributed by atoms with Crippen LogP contribution in [0.25, 0.3) is 0 Å². The lowest BCUT2D eigenvalue weighted by molar-refractivity contribution is 0.210. The molecule has 0 saturated carbocycles. The van der Waals surface area contributed by atoms with E-state index < -0.39 is 0 Å². The predicted molar refractivity (Wildman–Crippen MR) is 88.9 cm³/mol. The molecule has 23 heavy (non-hydrogen) atoms. The summed E-state index contributed by atoms with van der Waals surface area (Å²) in [5.74, 6) is 2.35. The summed E-state index contributed by atoms with van der Waals surface area (Å²) in [7, 11) is 1.68. The van der Waals surface area contributed by atoms with Gasteiger partial charge in [-0.05, 0) is 12.1 Å². The molecular formula is C15H21N7O. The molecule has 1 N–H and O–H groups in total. The van der Waals surface area contributed by atoms with Gasteiger partial charge in [0.2, 0.25) is 11.9 Å². The molecule has 0 aliphatic carbocycles. The van der Waals surface area contributed by atoms with Gasteiger partial charge in [-0.25, -0.2) is 15.0 Å². The summed E-state index contributed by atoms with van der Waals surface area (Å²) in [6.45, 7) is 4.78. The zero-order valence-corrected chi connectivity index (χ0v) is 13.2. The van der Waals surface area contributed by atoms with E-state index in [2.05, 4.69) is 35.1 Å². The molecule has 1 aliphatic rings. The lowest BCUT2D eigenvalue weighted by Gasteiger charge is -2.34. The number of hydrogen-bond donors (Lipinski definition) is 1. The van der Waals surface area contributed by atoms with Crippen LogP contribution in [-0.2, 0) is 4.74 Å². The monoisotopic (exact) mass is 315 g/mol. The average Bonchev–Trinajstić information content (AvgIpc) is 2.63. The van der Waals surface area contributed by atoms with Crippen LogP contribution < -0.4 is 15.1 Å². The molecule has 2 aromatic rings. The van der Waals surface area contributed by atoms with Crippen LogP contribution in [0.5, 0.6) is 0 Å². The zero-order valence-electron chi connectivity index (χ0n) is 13.2. The number of aromatic nitrogens is 4. The molecule has 2 aromatic heterocycles. The third-order valence-electron chi connectivity index (χ3n) is 3.65. The van der Waals surface area contributed by atoms with Gasteiger partial charge in [0.25, 0.3) is 0 Å². The van der Waals surface area contributed by atoms with Gasteiger partial charge in [0.1, 0.15) is 5.82 Å². The third-order valence-corrected chi connectivity index (χ3v) is 3.65. The van der Waals surface area contributed by atoms with Crippen molar-refractivity contribution in [2.75, 3.05) is 61.6 Å². The number of anilines is 3. The summed E-state index contributed by atoms with van der Waals surface area (Å²) in [6, 6.07) is 3.70. The maximum Gasteiger partial charge on any atom is 0.227 e. The fraction of sp³-hybridized carbons (Fsp3) is 0.467. The second-order valence-electron chi connectivity index (χ2n) is 5.18. The molecule has 3 rings (SSSR count). The molecule has 8 heteroatoms. The van der Waals surface area contributed by atoms with Crippen molar-refractivity contribution in [2.45, 2.75) is 0 Å². The lowest BCUT2D eigenvalue weighted by atomic mass is 10.3. The number of nitrogens with zero attached hydrogens (tertiary/aromatic N) is 6. The van der Waals surface area contributed by atoms with Crippen LogP contribution in [-0.4, -0.2) is 66.4 Å². The molecule has 0 spiro atoms. The van der Waals surface area contributed by atoms with Gasteiger partial charge < -0.3 is 19.9 Å². The number of methoxy groups -OCH3 is 1. The molecule has 0 bridgehead atoms. The standard InChI is InChI=1S/C15H21N7O/c1-23-12-7-16-13-3-6-19-15(20-13)22-10-8-21(9-11-22)14-17-4-2-5-18-14/h2-6H,7-12H2,1H3,(H,16,19,20). The Morgan fingerprint density at radius 1 is 1.00 bits per heavy atom. The third kappa shape index (κ3) is 4.04. The Kier molecular flexibility index (Phi) is 5.15. The molecule has 3 heterocycles. The van der Waals surface area contributed by atoms with Gasteiger partial charge in [0.15, 0.2) is 0 Å². The Morgan fingerprint density at radius 3 is 2.35 bits per heavy atom. The minimum Gasteiger partial charge on any atom is -0.383 e. The second kappa shape index (κ2) is 7.68. The molecule has 0 amide bonds. The Bertz CT molecular complexity index is 602. The van der Waals surface area contributed by atoms with Crippen LogP contribution in [0, 0.1) is 0 Å². The van der Waals surface area contributed by atoms with Gasteiger partial charge in [-0.2, -0.15) is 4.98 Å². The Hall–Kier alpha value is -2.48. The van der Waals surface area contributed by atoms with Crippen LogP contribution in [0.4, 0.5) is 17.7 Å². The van der Waals surface area contributed by atoms with Crippen molar-refractivity contribution < 1.29 is 4.74 Å². The summed E-state index contributed by atoms with van der Waals surface area (Å²) in [4.78, 5) is 21.9. The van der Waals surface area contributed by atoms with Crippen molar-refractivity contribution in [3.63, 3.8) is 0 Å². The molecule has 1 fully saturated rings. The summed E-state index contributed by atoms with van der Waals surface area (Å²) in [5, 5.41) is 3.23. The average molecular weight is 315 g/mol. The highest BCUT2D eigenvalue weighted by Gasteiger charge is 2.20. The second-order valence-corrected chi connectivity index (χ2v) is 5.18. The van der Waals surface area contributed by atoms with Crippen molar-refractivity contribution in [3.8, 4) is 0 Å². The van der Waals surface area contributed by atoms with Crippen LogP contribution in [0.1, 0.15) is 0 Å². The van der Waals surface area contributed by atoms with E-state index >= 15 is 0 Å². The zero-order chi connectivity index (χ0) is 15.9. The number of rotatable bonds is 6. The maximum atomic E-state index is 5.03. The smallest absolute Gasteiger partial charge is 0.227 e. The van der Waals surface area contributed by atoms with Crippen LogP contribution >= 0.6 is 0 Å². The topological polar surface area (TPSA) is 79.3 Å². The molecule has 1 saturated heterocycles. The number of ether oxygens (including phenoxy) is 1. The van der Waals surface area contributed by atoms with Crippen LogP contribution in [0.15, 0.2) is 30.7 Å². The van der Waals surface area contributed by atoms with Crippen LogP contribution in [0.3, 0.4) is 0 Å². The first-order chi connectivity index (χ1) is 11.4. The van der Waals surface area contributed by atoms with Gasteiger partial charge in [-0.3, -0.25) is 0 Å². The Balaban J connectivity index is 1.58. The van der Waals surface area contributed by atoms with Gasteiger partial charge >= 0.3 is 0 Å². The largest absolute Gasteiger partial charge is 0.383 e. The molecular weight excluding hydrogens is 294 g/mol. The lowest BCUT2D eigenvalue weighted by Crippen LogP contribution is -2.47. The summed E-state index contributed by atoms with van der Waals surface area (Å²) in [5.41, 5.74) is 0. The first kappa shape index (κ1) is 15.4. The number of nitrogens with one attached hydrogen (secondary N) is 1. The fourth-order valence-corrected chi connectivity index (χ4v) is 2.44. The summed E-state index contributed by atoms with van der Waals surface area (Å²) >= 11 is 0. The Labute approximate surface area is 135 Å². The SMILES string of the molecule is COCCNc1ccnc(N2CCN(c3ncccn3)CC2)n1. The quantitative estimate of drug-likeness (QED) is 0.779. The Morgan fingerprint density at radius 2 is 1.65 bits per heavy atom. The van der Waals surface area contributed by atoms with Crippen LogP contribution in [0.2, 0.25) is 0 Å². The van der Waals surface area contributed by atoms with E-state index in [1.54, 1.807) is 25.7 Å². The normalized spacial score (nSPS) is 14.8. The number of piperazine rings is 1. The molecule has 0 aromatic carbocycles. The fourth-order valence-electron chi connectivity index (χ4n) is 2.44. The molecule has 8 nitrogen and oxygen atoms in total. The van der Waals surface area contributed by atoms with E-state index in [4.69, 9.17) is 4.74 Å². The predicted octanol–water partition coefficient (Wildman–Crippen LogP) is 0.651. The van der Waals surface area contributed by atoms with Crippen molar-refractivity contribution in [1.29, 1.82) is 0 Å². The van der Waals surface area contributed by atoms with E-state index in [0.717, 1.165) is 50.4 Å². The van der Waals surface area contributed by atoms with E-state index in [9.17, 15) is 0 Å². The van der Waals surface area contributed by atoms with Crippen molar-refractivity contribution in [2.24, 2.45) is 0 Å². The van der Waals surface area contributed by atoms with E-state index in [-0.39, 0.29) is 0 Å².